The first kappa shape index (κ1) is 62.4. The Kier molecular flexibility index (Phi) is 44.6. The first-order valence-corrected chi connectivity index (χ1v) is 25.3. The Morgan fingerprint density at radius 2 is 0.806 bits per heavy atom. The average Bonchev–Trinajstić information content (AvgIpc) is 3.29. The van der Waals surface area contributed by atoms with Gasteiger partial charge in [-0.2, -0.15) is 0 Å². The molecule has 0 aliphatic heterocycles. The van der Waals surface area contributed by atoms with Crippen LogP contribution in [0.15, 0.2) is 134 Å². The smallest absolute Gasteiger partial charge is 0.306 e. The number of rotatable bonds is 44. The number of esters is 2. The second kappa shape index (κ2) is 47.9. The molecule has 0 aromatic rings. The van der Waals surface area contributed by atoms with Crippen molar-refractivity contribution in [3.05, 3.63) is 134 Å². The third-order valence-corrected chi connectivity index (χ3v) is 9.89. The quantitative estimate of drug-likeness (QED) is 0.0195. The minimum Gasteiger partial charge on any atom is -0.545 e. The molecular formula is C58H91NO8. The predicted octanol–water partition coefficient (Wildman–Crippen LogP) is 13.0. The Morgan fingerprint density at radius 1 is 0.448 bits per heavy atom. The number of quaternary nitrogens is 1. The zero-order valence-corrected chi connectivity index (χ0v) is 42.5. The van der Waals surface area contributed by atoms with Gasteiger partial charge in [-0.3, -0.25) is 9.59 Å². The molecule has 0 heterocycles. The molecule has 9 heteroatoms. The maximum Gasteiger partial charge on any atom is 0.306 e. The molecule has 0 aromatic carbocycles. The van der Waals surface area contributed by atoms with Crippen LogP contribution in [0.1, 0.15) is 155 Å². The normalized spacial score (nSPS) is 14.0. The van der Waals surface area contributed by atoms with Crippen molar-refractivity contribution >= 4 is 17.9 Å². The van der Waals surface area contributed by atoms with Crippen LogP contribution in [0.5, 0.6) is 0 Å². The van der Waals surface area contributed by atoms with E-state index in [1.54, 1.807) is 0 Å². The van der Waals surface area contributed by atoms with Gasteiger partial charge in [0.15, 0.2) is 12.4 Å². The summed E-state index contributed by atoms with van der Waals surface area (Å²) in [5.41, 5.74) is 0. The zero-order valence-electron chi connectivity index (χ0n) is 42.5. The molecule has 0 radical (unpaired) electrons. The summed E-state index contributed by atoms with van der Waals surface area (Å²) in [7, 11) is 5.88. The number of carbonyl (C=O) groups excluding carboxylic acids is 3. The Hall–Kier alpha value is -4.57. The first-order chi connectivity index (χ1) is 32.6. The van der Waals surface area contributed by atoms with E-state index in [9.17, 15) is 19.5 Å². The van der Waals surface area contributed by atoms with Crippen LogP contribution >= 0.6 is 0 Å². The number of likely N-dealkylation sites (N-methyl/N-ethyl adjacent to an activating group) is 1. The predicted molar refractivity (Wildman–Crippen MR) is 278 cm³/mol. The fourth-order valence-electron chi connectivity index (χ4n) is 6.03. The van der Waals surface area contributed by atoms with Crippen LogP contribution in [0.4, 0.5) is 0 Å². The number of aliphatic carboxylic acids is 1. The number of carboxylic acid groups (broad SMARTS) is 1. The number of hydrogen-bond donors (Lipinski definition) is 0. The van der Waals surface area contributed by atoms with Crippen molar-refractivity contribution in [3.8, 4) is 0 Å². The fraction of sp³-hybridized carbons (Fsp3) is 0.569. The third-order valence-electron chi connectivity index (χ3n) is 9.89. The highest BCUT2D eigenvalue weighted by Crippen LogP contribution is 2.11. The number of hydrogen-bond acceptors (Lipinski definition) is 8. The van der Waals surface area contributed by atoms with Gasteiger partial charge in [0.1, 0.15) is 13.2 Å². The molecule has 9 nitrogen and oxygen atoms in total. The van der Waals surface area contributed by atoms with Gasteiger partial charge in [0.2, 0.25) is 0 Å². The van der Waals surface area contributed by atoms with E-state index in [2.05, 4.69) is 148 Å². The van der Waals surface area contributed by atoms with Gasteiger partial charge in [-0.05, 0) is 109 Å². The fourth-order valence-corrected chi connectivity index (χ4v) is 6.03. The van der Waals surface area contributed by atoms with Crippen molar-refractivity contribution in [3.63, 3.8) is 0 Å². The zero-order chi connectivity index (χ0) is 49.2. The maximum absolute atomic E-state index is 12.8. The summed E-state index contributed by atoms with van der Waals surface area (Å²) in [4.78, 5) is 37.2. The van der Waals surface area contributed by atoms with Crippen LogP contribution < -0.4 is 5.11 Å². The van der Waals surface area contributed by atoms with Crippen LogP contribution in [0, 0.1) is 0 Å². The highest BCUT2D eigenvalue weighted by atomic mass is 16.7. The van der Waals surface area contributed by atoms with Gasteiger partial charge >= 0.3 is 11.9 Å². The SMILES string of the molecule is CC/C=C\C/C=C\C/C=C\C/C=C\C/C=C\C/C=C\CCCCC(=O)OC(COC(=O)CCCCCCC/C=C\C/C=C\C/C=C\C/C=C\C/C=C\CC)COC(OCC[N+](C)(C)C)C(=O)[O-]. The highest BCUT2D eigenvalue weighted by molar-refractivity contribution is 5.70. The Balaban J connectivity index is 4.52. The summed E-state index contributed by atoms with van der Waals surface area (Å²) in [5.74, 6) is -2.39. The van der Waals surface area contributed by atoms with Gasteiger partial charge in [0.05, 0.1) is 40.3 Å². The summed E-state index contributed by atoms with van der Waals surface area (Å²) >= 11 is 0. The topological polar surface area (TPSA) is 111 Å². The molecule has 2 unspecified atom stereocenters. The van der Waals surface area contributed by atoms with Crippen molar-refractivity contribution in [2.45, 2.75) is 167 Å². The Labute approximate surface area is 408 Å². The Morgan fingerprint density at radius 3 is 1.22 bits per heavy atom. The van der Waals surface area contributed by atoms with Crippen molar-refractivity contribution in [1.82, 2.24) is 0 Å². The Bertz CT molecular complexity index is 1550. The molecule has 0 fully saturated rings. The summed E-state index contributed by atoms with van der Waals surface area (Å²) in [6.45, 7) is 4.40. The molecule has 0 rings (SSSR count). The van der Waals surface area contributed by atoms with E-state index in [-0.39, 0.29) is 32.7 Å². The average molecular weight is 930 g/mol. The molecule has 0 saturated carbocycles. The lowest BCUT2D eigenvalue weighted by molar-refractivity contribution is -0.870. The monoisotopic (exact) mass is 930 g/mol. The molecule has 0 amide bonds. The van der Waals surface area contributed by atoms with Gasteiger partial charge in [-0.1, -0.05) is 167 Å². The van der Waals surface area contributed by atoms with Gasteiger partial charge in [0.25, 0.3) is 0 Å². The molecule has 0 spiro atoms. The van der Waals surface area contributed by atoms with Crippen molar-refractivity contribution in [1.29, 1.82) is 0 Å². The van der Waals surface area contributed by atoms with E-state index < -0.39 is 30.3 Å². The molecule has 0 N–H and O–H groups in total. The minimum atomic E-state index is -1.65. The van der Waals surface area contributed by atoms with Crippen LogP contribution in [0.2, 0.25) is 0 Å². The minimum absolute atomic E-state index is 0.127. The largest absolute Gasteiger partial charge is 0.545 e. The second-order valence-corrected chi connectivity index (χ2v) is 17.3. The lowest BCUT2D eigenvalue weighted by atomic mass is 10.1. The number of ether oxygens (including phenoxy) is 4. The molecule has 0 aromatic heterocycles. The number of nitrogens with zero attached hydrogens (tertiary/aromatic N) is 1. The summed E-state index contributed by atoms with van der Waals surface area (Å²) in [5, 5.41) is 11.7. The van der Waals surface area contributed by atoms with Crippen molar-refractivity contribution in [2.75, 3.05) is 47.5 Å². The molecule has 0 aliphatic rings. The standard InChI is InChI=1S/C58H91NO8/c1-6-8-10-12-14-16-18-20-22-24-26-28-30-32-34-36-38-40-42-44-46-48-55(60)65-52-54(53-66-58(57(62)63)64-51-50-59(3,4)5)67-56(61)49-47-45-43-41-39-37-35-33-31-29-27-25-23-21-19-17-15-13-11-9-7-2/h8-11,14-17,20-23,26-29,32-35,39,41,54,58H,6-7,12-13,18-19,24-25,30-31,36-38,40,42-53H2,1-5H3/b10-8-,11-9-,16-14-,17-15-,22-20-,23-21-,28-26-,29-27-,34-32-,35-33-,41-39-. The van der Waals surface area contributed by atoms with E-state index in [1.807, 2.05) is 21.1 Å². The van der Waals surface area contributed by atoms with E-state index >= 15 is 0 Å². The van der Waals surface area contributed by atoms with Crippen LogP contribution in [0.3, 0.4) is 0 Å². The van der Waals surface area contributed by atoms with E-state index in [1.165, 1.54) is 0 Å². The molecule has 0 aliphatic carbocycles. The van der Waals surface area contributed by atoms with Gasteiger partial charge < -0.3 is 33.3 Å². The maximum atomic E-state index is 12.8. The lowest BCUT2D eigenvalue weighted by Crippen LogP contribution is -2.44. The van der Waals surface area contributed by atoms with Gasteiger partial charge in [0, 0.05) is 12.8 Å². The molecular weight excluding hydrogens is 839 g/mol. The van der Waals surface area contributed by atoms with Gasteiger partial charge in [-0.15, -0.1) is 0 Å². The van der Waals surface area contributed by atoms with E-state index in [0.29, 0.717) is 23.9 Å². The van der Waals surface area contributed by atoms with Crippen molar-refractivity contribution < 1.29 is 42.9 Å². The summed E-state index contributed by atoms with van der Waals surface area (Å²) in [6.07, 6.45) is 64.9. The number of carboxylic acids is 1. The number of allylic oxidation sites excluding steroid dienone is 22. The highest BCUT2D eigenvalue weighted by Gasteiger charge is 2.21. The van der Waals surface area contributed by atoms with Gasteiger partial charge in [-0.25, -0.2) is 0 Å². The van der Waals surface area contributed by atoms with Crippen molar-refractivity contribution in [2.24, 2.45) is 0 Å². The second-order valence-electron chi connectivity index (χ2n) is 17.3. The molecule has 67 heavy (non-hydrogen) atoms. The summed E-state index contributed by atoms with van der Waals surface area (Å²) < 4.78 is 22.5. The third kappa shape index (κ3) is 49.2. The van der Waals surface area contributed by atoms with Crippen LogP contribution in [0.25, 0.3) is 0 Å². The van der Waals surface area contributed by atoms with E-state index in [4.69, 9.17) is 18.9 Å². The summed E-state index contributed by atoms with van der Waals surface area (Å²) in [6, 6.07) is 0. The molecule has 0 bridgehead atoms. The lowest BCUT2D eigenvalue weighted by Gasteiger charge is -2.26. The molecule has 376 valence electrons. The van der Waals surface area contributed by atoms with Crippen LogP contribution in [-0.4, -0.2) is 82.3 Å². The molecule has 2 atom stereocenters. The van der Waals surface area contributed by atoms with E-state index in [0.717, 1.165) is 116 Å². The molecule has 0 saturated heterocycles. The van der Waals surface area contributed by atoms with Crippen LogP contribution in [-0.2, 0) is 33.3 Å². The number of carbonyl (C=O) groups is 3. The number of unbranched alkanes of at least 4 members (excludes halogenated alkanes) is 7. The first-order valence-electron chi connectivity index (χ1n) is 25.3.